The van der Waals surface area contributed by atoms with Crippen molar-refractivity contribution in [3.8, 4) is 0 Å². The Bertz CT molecular complexity index is 322. The van der Waals surface area contributed by atoms with Crippen molar-refractivity contribution < 1.29 is 4.79 Å². The van der Waals surface area contributed by atoms with Crippen LogP contribution >= 0.6 is 11.3 Å². The summed E-state index contributed by atoms with van der Waals surface area (Å²) in [5.41, 5.74) is 0.847. The highest BCUT2D eigenvalue weighted by atomic mass is 32.1. The molecule has 0 radical (unpaired) electrons. The van der Waals surface area contributed by atoms with Crippen LogP contribution in [0.3, 0.4) is 0 Å². The van der Waals surface area contributed by atoms with E-state index in [1.165, 1.54) is 24.2 Å². The number of carbonyl (C=O) groups excluding carboxylic acids is 1. The van der Waals surface area contributed by atoms with Crippen LogP contribution in [-0.2, 0) is 0 Å². The molecule has 0 aliphatic rings. The summed E-state index contributed by atoms with van der Waals surface area (Å²) in [6.07, 6.45) is 3.24. The van der Waals surface area contributed by atoms with Crippen molar-refractivity contribution in [3.63, 3.8) is 0 Å². The van der Waals surface area contributed by atoms with Gasteiger partial charge in [-0.15, -0.1) is 0 Å². The molecule has 0 aliphatic heterocycles. The molecular formula is C11H18N2OS. The van der Waals surface area contributed by atoms with E-state index in [1.54, 1.807) is 0 Å². The van der Waals surface area contributed by atoms with Gasteiger partial charge in [-0.2, -0.15) is 0 Å². The fraction of sp³-hybridized carbons (Fsp3) is 0.636. The summed E-state index contributed by atoms with van der Waals surface area (Å²) in [6.45, 7) is 8.16. The van der Waals surface area contributed by atoms with Crippen LogP contribution in [0.5, 0.6) is 0 Å². The van der Waals surface area contributed by atoms with Crippen molar-refractivity contribution in [3.05, 3.63) is 10.6 Å². The molecule has 84 valence electrons. The van der Waals surface area contributed by atoms with Crippen molar-refractivity contribution >= 4 is 22.8 Å². The van der Waals surface area contributed by atoms with Gasteiger partial charge in [0.15, 0.2) is 11.4 Å². The van der Waals surface area contributed by atoms with Gasteiger partial charge in [0, 0.05) is 13.1 Å². The molecule has 1 aromatic rings. The van der Waals surface area contributed by atoms with Gasteiger partial charge < -0.3 is 4.90 Å². The van der Waals surface area contributed by atoms with E-state index < -0.39 is 0 Å². The van der Waals surface area contributed by atoms with Gasteiger partial charge >= 0.3 is 0 Å². The fourth-order valence-corrected chi connectivity index (χ4v) is 2.35. The van der Waals surface area contributed by atoms with E-state index >= 15 is 0 Å². The molecule has 15 heavy (non-hydrogen) atoms. The number of aryl methyl sites for hydroxylation is 1. The minimum atomic E-state index is 0.750. The van der Waals surface area contributed by atoms with E-state index in [1.807, 2.05) is 6.92 Å². The monoisotopic (exact) mass is 226 g/mol. The summed E-state index contributed by atoms with van der Waals surface area (Å²) in [4.78, 5) is 18.1. The van der Waals surface area contributed by atoms with Gasteiger partial charge in [0.1, 0.15) is 0 Å². The first-order chi connectivity index (χ1) is 7.22. The van der Waals surface area contributed by atoms with Gasteiger partial charge in [-0.05, 0) is 20.3 Å². The Hall–Kier alpha value is -0.900. The summed E-state index contributed by atoms with van der Waals surface area (Å²) in [5, 5.41) is 0.977. The molecule has 0 spiro atoms. The van der Waals surface area contributed by atoms with Crippen molar-refractivity contribution in [1.29, 1.82) is 0 Å². The lowest BCUT2D eigenvalue weighted by Gasteiger charge is -2.18. The maximum absolute atomic E-state index is 10.7. The lowest BCUT2D eigenvalue weighted by Crippen LogP contribution is -2.23. The van der Waals surface area contributed by atoms with Crippen molar-refractivity contribution in [2.75, 3.05) is 18.0 Å². The number of nitrogens with zero attached hydrogens (tertiary/aromatic N) is 2. The molecule has 1 rings (SSSR count). The van der Waals surface area contributed by atoms with Crippen LogP contribution in [0.2, 0.25) is 0 Å². The summed E-state index contributed by atoms with van der Waals surface area (Å²) in [5.74, 6) is 0. The van der Waals surface area contributed by atoms with Gasteiger partial charge in [0.2, 0.25) is 0 Å². The third kappa shape index (κ3) is 3.02. The largest absolute Gasteiger partial charge is 0.348 e. The minimum Gasteiger partial charge on any atom is -0.348 e. The lowest BCUT2D eigenvalue weighted by atomic mass is 10.3. The summed E-state index contributed by atoms with van der Waals surface area (Å²) in [7, 11) is 0. The van der Waals surface area contributed by atoms with Crippen molar-refractivity contribution in [1.82, 2.24) is 4.98 Å². The molecule has 0 amide bonds. The molecule has 0 N–H and O–H groups in total. The predicted molar refractivity (Wildman–Crippen MR) is 65.0 cm³/mol. The van der Waals surface area contributed by atoms with E-state index in [2.05, 4.69) is 23.7 Å². The number of unbranched alkanes of at least 4 members (excludes halogenated alkanes) is 1. The number of hydrogen-bond acceptors (Lipinski definition) is 4. The second kappa shape index (κ2) is 5.85. The maximum atomic E-state index is 10.7. The zero-order chi connectivity index (χ0) is 11.3. The minimum absolute atomic E-state index is 0.750. The topological polar surface area (TPSA) is 33.2 Å². The zero-order valence-corrected chi connectivity index (χ0v) is 10.4. The normalized spacial score (nSPS) is 10.3. The highest BCUT2D eigenvalue weighted by Crippen LogP contribution is 2.24. The molecule has 0 aromatic carbocycles. The molecule has 0 saturated carbocycles. The first-order valence-electron chi connectivity index (χ1n) is 5.40. The average Bonchev–Trinajstić information content (AvgIpc) is 2.61. The number of carbonyl (C=O) groups is 1. The number of thiazole rings is 1. The van der Waals surface area contributed by atoms with E-state index in [9.17, 15) is 4.79 Å². The molecule has 0 bridgehead atoms. The lowest BCUT2D eigenvalue weighted by molar-refractivity contribution is 0.112. The SMILES string of the molecule is CCCCN(CC)c1nc(C)c(C=O)s1. The average molecular weight is 226 g/mol. The number of hydrogen-bond donors (Lipinski definition) is 0. The van der Waals surface area contributed by atoms with Gasteiger partial charge in [-0.1, -0.05) is 24.7 Å². The van der Waals surface area contributed by atoms with Gasteiger partial charge in [0.05, 0.1) is 10.6 Å². The second-order valence-corrected chi connectivity index (χ2v) is 4.51. The Morgan fingerprint density at radius 1 is 1.47 bits per heavy atom. The third-order valence-electron chi connectivity index (χ3n) is 2.36. The molecular weight excluding hydrogens is 208 g/mol. The Balaban J connectivity index is 2.77. The standard InChI is InChI=1S/C11H18N2OS/c1-4-6-7-13(5-2)11-12-9(3)10(8-14)15-11/h8H,4-7H2,1-3H3. The van der Waals surface area contributed by atoms with Gasteiger partial charge in [0.25, 0.3) is 0 Å². The molecule has 4 heteroatoms. The number of aldehydes is 1. The molecule has 1 aromatic heterocycles. The third-order valence-corrected chi connectivity index (χ3v) is 3.51. The maximum Gasteiger partial charge on any atom is 0.186 e. The van der Waals surface area contributed by atoms with Crippen LogP contribution in [0, 0.1) is 6.92 Å². The van der Waals surface area contributed by atoms with E-state index in [4.69, 9.17) is 0 Å². The zero-order valence-electron chi connectivity index (χ0n) is 9.62. The predicted octanol–water partition coefficient (Wildman–Crippen LogP) is 2.89. The van der Waals surface area contributed by atoms with Crippen LogP contribution in [0.4, 0.5) is 5.13 Å². The molecule has 0 aliphatic carbocycles. The number of anilines is 1. The van der Waals surface area contributed by atoms with Crippen LogP contribution in [0.15, 0.2) is 0 Å². The summed E-state index contributed by atoms with van der Waals surface area (Å²) < 4.78 is 0. The van der Waals surface area contributed by atoms with Crippen LogP contribution in [0.1, 0.15) is 42.1 Å². The highest BCUT2D eigenvalue weighted by Gasteiger charge is 2.11. The Morgan fingerprint density at radius 2 is 2.20 bits per heavy atom. The van der Waals surface area contributed by atoms with Crippen molar-refractivity contribution in [2.45, 2.75) is 33.6 Å². The highest BCUT2D eigenvalue weighted by molar-refractivity contribution is 7.17. The van der Waals surface area contributed by atoms with Crippen LogP contribution in [-0.4, -0.2) is 24.4 Å². The van der Waals surface area contributed by atoms with Crippen LogP contribution in [0.25, 0.3) is 0 Å². The van der Waals surface area contributed by atoms with Gasteiger partial charge in [-0.3, -0.25) is 4.79 Å². The number of aromatic nitrogens is 1. The second-order valence-electron chi connectivity index (χ2n) is 3.50. The molecule has 1 heterocycles. The smallest absolute Gasteiger partial charge is 0.186 e. The van der Waals surface area contributed by atoms with Gasteiger partial charge in [-0.25, -0.2) is 4.98 Å². The summed E-state index contributed by atoms with van der Waals surface area (Å²) in [6, 6.07) is 0. The summed E-state index contributed by atoms with van der Waals surface area (Å²) >= 11 is 1.49. The Kier molecular flexibility index (Phi) is 4.75. The van der Waals surface area contributed by atoms with Crippen LogP contribution < -0.4 is 4.90 Å². The Morgan fingerprint density at radius 3 is 2.67 bits per heavy atom. The quantitative estimate of drug-likeness (QED) is 0.699. The fourth-order valence-electron chi connectivity index (χ4n) is 1.38. The van der Waals surface area contributed by atoms with Crippen molar-refractivity contribution in [2.24, 2.45) is 0 Å². The Labute approximate surface area is 95.1 Å². The van der Waals surface area contributed by atoms with E-state index in [0.29, 0.717) is 0 Å². The first kappa shape index (κ1) is 12.2. The first-order valence-corrected chi connectivity index (χ1v) is 6.22. The van der Waals surface area contributed by atoms with E-state index in [0.717, 1.165) is 35.1 Å². The molecule has 0 atom stereocenters. The molecule has 0 saturated heterocycles. The molecule has 0 unspecified atom stereocenters. The molecule has 3 nitrogen and oxygen atoms in total. The molecule has 0 fully saturated rings. The number of rotatable bonds is 6. The van der Waals surface area contributed by atoms with E-state index in [-0.39, 0.29) is 0 Å².